The van der Waals surface area contributed by atoms with Crippen molar-refractivity contribution in [1.82, 2.24) is 4.90 Å². The van der Waals surface area contributed by atoms with Crippen LogP contribution in [0.15, 0.2) is 48.5 Å². The minimum atomic E-state index is -0.436. The number of nitrogens with zero attached hydrogens (tertiary/aromatic N) is 2. The van der Waals surface area contributed by atoms with Crippen molar-refractivity contribution in [2.45, 2.75) is 51.5 Å². The Morgan fingerprint density at radius 3 is 2.47 bits per heavy atom. The van der Waals surface area contributed by atoms with Crippen molar-refractivity contribution in [3.63, 3.8) is 0 Å². The predicted molar refractivity (Wildman–Crippen MR) is 128 cm³/mol. The van der Waals surface area contributed by atoms with Gasteiger partial charge >= 0.3 is 12.0 Å². The molecule has 1 aliphatic carbocycles. The number of nitrogens with two attached hydrogens (primary N) is 1. The molecule has 6 heteroatoms. The van der Waals surface area contributed by atoms with Gasteiger partial charge in [-0.1, -0.05) is 42.0 Å². The fourth-order valence-electron chi connectivity index (χ4n) is 4.58. The molecular weight excluding hydrogens is 402 g/mol. The first-order chi connectivity index (χ1) is 15.5. The van der Waals surface area contributed by atoms with E-state index in [1.807, 2.05) is 31.2 Å². The molecule has 0 aromatic heterocycles. The van der Waals surface area contributed by atoms with Gasteiger partial charge in [-0.25, -0.2) is 4.79 Å². The van der Waals surface area contributed by atoms with Crippen molar-refractivity contribution in [2.24, 2.45) is 5.73 Å². The van der Waals surface area contributed by atoms with Crippen LogP contribution in [0.4, 0.5) is 10.5 Å². The van der Waals surface area contributed by atoms with Gasteiger partial charge in [-0.05, 0) is 68.8 Å². The number of benzene rings is 2. The molecule has 0 bridgehead atoms. The van der Waals surface area contributed by atoms with Crippen LogP contribution in [0.2, 0.25) is 0 Å². The Bertz CT molecular complexity index is 897. The first-order valence-electron chi connectivity index (χ1n) is 11.5. The van der Waals surface area contributed by atoms with E-state index in [0.29, 0.717) is 19.0 Å². The maximum atomic E-state index is 12.1. The number of amides is 2. The highest BCUT2D eigenvalue weighted by Gasteiger charge is 2.26. The lowest BCUT2D eigenvalue weighted by Crippen LogP contribution is -2.39. The van der Waals surface area contributed by atoms with Gasteiger partial charge in [0, 0.05) is 31.2 Å². The Balaban J connectivity index is 1.69. The summed E-state index contributed by atoms with van der Waals surface area (Å²) in [6.07, 6.45) is 5.35. The van der Waals surface area contributed by atoms with Crippen molar-refractivity contribution < 1.29 is 14.3 Å². The van der Waals surface area contributed by atoms with Crippen LogP contribution >= 0.6 is 0 Å². The van der Waals surface area contributed by atoms with Gasteiger partial charge in [0.15, 0.2) is 0 Å². The molecular formula is C26H35N3O3. The third-order valence-corrected chi connectivity index (χ3v) is 6.27. The minimum absolute atomic E-state index is 0.173. The molecule has 2 aromatic carbocycles. The summed E-state index contributed by atoms with van der Waals surface area (Å²) in [5.41, 5.74) is 10.5. The lowest BCUT2D eigenvalue weighted by Gasteiger charge is -2.36. The van der Waals surface area contributed by atoms with Crippen molar-refractivity contribution in [3.05, 3.63) is 65.2 Å². The Kier molecular flexibility index (Phi) is 8.68. The van der Waals surface area contributed by atoms with Gasteiger partial charge in [-0.15, -0.1) is 0 Å². The Morgan fingerprint density at radius 2 is 1.75 bits per heavy atom. The molecule has 0 heterocycles. The molecule has 0 fully saturated rings. The van der Waals surface area contributed by atoms with Gasteiger partial charge in [0.2, 0.25) is 0 Å². The number of carbonyl (C=O) groups excluding carboxylic acids is 2. The van der Waals surface area contributed by atoms with Crippen LogP contribution < -0.4 is 10.6 Å². The summed E-state index contributed by atoms with van der Waals surface area (Å²) in [4.78, 5) is 27.8. The third-order valence-electron chi connectivity index (χ3n) is 6.27. The second kappa shape index (κ2) is 11.7. The molecule has 1 unspecified atom stereocenters. The number of aryl methyl sites for hydroxylation is 2. The summed E-state index contributed by atoms with van der Waals surface area (Å²) in [6.45, 7) is 4.22. The summed E-state index contributed by atoms with van der Waals surface area (Å²) in [5, 5.41) is 0. The Labute approximate surface area is 191 Å². The van der Waals surface area contributed by atoms with E-state index in [2.05, 4.69) is 29.2 Å². The molecule has 0 spiro atoms. The summed E-state index contributed by atoms with van der Waals surface area (Å²) >= 11 is 0. The van der Waals surface area contributed by atoms with E-state index in [9.17, 15) is 9.59 Å². The minimum Gasteiger partial charge on any atom is -0.469 e. The predicted octanol–water partition coefficient (Wildman–Crippen LogP) is 4.60. The number of esters is 1. The van der Waals surface area contributed by atoms with Gasteiger partial charge in [0.25, 0.3) is 0 Å². The second-order valence-corrected chi connectivity index (χ2v) is 8.50. The summed E-state index contributed by atoms with van der Waals surface area (Å²) in [7, 11) is 1.43. The van der Waals surface area contributed by atoms with Gasteiger partial charge in [0.1, 0.15) is 0 Å². The number of primary amides is 1. The average Bonchev–Trinajstić information content (AvgIpc) is 2.80. The van der Waals surface area contributed by atoms with Gasteiger partial charge in [0.05, 0.1) is 7.11 Å². The molecule has 3 rings (SSSR count). The molecule has 2 amide bonds. The van der Waals surface area contributed by atoms with Crippen molar-refractivity contribution in [3.8, 4) is 0 Å². The highest BCUT2D eigenvalue weighted by atomic mass is 16.5. The largest absolute Gasteiger partial charge is 0.469 e. The van der Waals surface area contributed by atoms with E-state index in [1.54, 1.807) is 4.90 Å². The molecule has 32 heavy (non-hydrogen) atoms. The highest BCUT2D eigenvalue weighted by Crippen LogP contribution is 2.34. The molecule has 0 saturated heterocycles. The topological polar surface area (TPSA) is 75.9 Å². The lowest BCUT2D eigenvalue weighted by molar-refractivity contribution is -0.140. The van der Waals surface area contributed by atoms with Crippen molar-refractivity contribution in [1.29, 1.82) is 0 Å². The van der Waals surface area contributed by atoms with E-state index in [1.165, 1.54) is 18.2 Å². The number of rotatable bonds is 10. The number of fused-ring (bicyclic) bond motifs is 1. The fourth-order valence-corrected chi connectivity index (χ4v) is 4.58. The van der Waals surface area contributed by atoms with E-state index in [-0.39, 0.29) is 5.97 Å². The smallest absolute Gasteiger partial charge is 0.319 e. The van der Waals surface area contributed by atoms with Crippen LogP contribution in [0.5, 0.6) is 0 Å². The van der Waals surface area contributed by atoms with Crippen LogP contribution in [-0.2, 0) is 16.0 Å². The second-order valence-electron chi connectivity index (χ2n) is 8.50. The van der Waals surface area contributed by atoms with E-state index in [4.69, 9.17) is 10.5 Å². The number of methoxy groups -OCH3 is 1. The zero-order chi connectivity index (χ0) is 22.9. The maximum absolute atomic E-state index is 12.1. The SMILES string of the molecule is COC(=O)CCCN(CCCN(C(N)=O)c1ccc(C)cc1)C1CCCc2ccccc21. The summed E-state index contributed by atoms with van der Waals surface area (Å²) in [5.74, 6) is -0.173. The number of urea groups is 1. The standard InChI is InChI=1S/C26H35N3O3/c1-20-13-15-22(16-14-20)29(26(27)31)19-7-18-28(17-6-12-25(30)32-2)24-11-5-9-21-8-3-4-10-23(21)24/h3-4,8,10,13-16,24H,5-7,9,11-12,17-19H2,1-2H3,(H2,27,31). The number of anilines is 1. The average molecular weight is 438 g/mol. The molecule has 6 nitrogen and oxygen atoms in total. The number of ether oxygens (including phenoxy) is 1. The van der Waals surface area contributed by atoms with Crippen LogP contribution in [0.3, 0.4) is 0 Å². The maximum Gasteiger partial charge on any atom is 0.319 e. The van der Waals surface area contributed by atoms with Gasteiger partial charge in [-0.2, -0.15) is 0 Å². The van der Waals surface area contributed by atoms with Crippen LogP contribution in [-0.4, -0.2) is 43.6 Å². The first-order valence-corrected chi connectivity index (χ1v) is 11.5. The van der Waals surface area contributed by atoms with E-state index < -0.39 is 6.03 Å². The number of hydrogen-bond donors (Lipinski definition) is 1. The molecule has 0 saturated carbocycles. The van der Waals surface area contributed by atoms with Gasteiger partial charge < -0.3 is 10.5 Å². The van der Waals surface area contributed by atoms with Crippen molar-refractivity contribution in [2.75, 3.05) is 31.6 Å². The number of hydrogen-bond acceptors (Lipinski definition) is 4. The van der Waals surface area contributed by atoms with Gasteiger partial charge in [-0.3, -0.25) is 14.6 Å². The summed E-state index contributed by atoms with van der Waals surface area (Å²) < 4.78 is 4.81. The van der Waals surface area contributed by atoms with E-state index in [0.717, 1.165) is 56.4 Å². The van der Waals surface area contributed by atoms with Crippen LogP contribution in [0.1, 0.15) is 54.8 Å². The Hall–Kier alpha value is -2.86. The molecule has 2 N–H and O–H groups in total. The zero-order valence-corrected chi connectivity index (χ0v) is 19.3. The lowest BCUT2D eigenvalue weighted by atomic mass is 9.86. The first kappa shape index (κ1) is 23.8. The zero-order valence-electron chi connectivity index (χ0n) is 19.3. The van der Waals surface area contributed by atoms with Crippen molar-refractivity contribution >= 4 is 17.7 Å². The molecule has 0 aliphatic heterocycles. The molecule has 1 atom stereocenters. The number of carbonyl (C=O) groups is 2. The summed E-state index contributed by atoms with van der Waals surface area (Å²) in [6, 6.07) is 16.4. The monoisotopic (exact) mass is 437 g/mol. The third kappa shape index (κ3) is 6.33. The molecule has 2 aromatic rings. The van der Waals surface area contributed by atoms with E-state index >= 15 is 0 Å². The normalized spacial score (nSPS) is 15.3. The molecule has 172 valence electrons. The fraction of sp³-hybridized carbons (Fsp3) is 0.462. The Morgan fingerprint density at radius 1 is 1.03 bits per heavy atom. The molecule has 1 aliphatic rings. The highest BCUT2D eigenvalue weighted by molar-refractivity contribution is 5.90. The quantitative estimate of drug-likeness (QED) is 0.551. The van der Waals surface area contributed by atoms with Crippen LogP contribution in [0.25, 0.3) is 0 Å². The van der Waals surface area contributed by atoms with Crippen LogP contribution in [0, 0.1) is 6.92 Å². The molecule has 0 radical (unpaired) electrons.